The number of esters is 1. The van der Waals surface area contributed by atoms with Crippen molar-refractivity contribution in [2.45, 2.75) is 26.4 Å². The number of benzene rings is 1. The molecule has 1 atom stereocenters. The lowest BCUT2D eigenvalue weighted by atomic mass is 10.1. The van der Waals surface area contributed by atoms with Gasteiger partial charge in [0, 0.05) is 10.9 Å². The number of carbonyl (C=O) groups excluding carboxylic acids is 2. The van der Waals surface area contributed by atoms with Gasteiger partial charge < -0.3 is 9.47 Å². The zero-order valence-electron chi connectivity index (χ0n) is 10.5. The van der Waals surface area contributed by atoms with Crippen LogP contribution in [-0.4, -0.2) is 25.0 Å². The molecule has 0 aliphatic rings. The molecule has 0 saturated carbocycles. The number of rotatable bonds is 5. The van der Waals surface area contributed by atoms with E-state index < -0.39 is 12.1 Å². The van der Waals surface area contributed by atoms with E-state index in [1.165, 1.54) is 7.11 Å². The average molecular weight is 315 g/mol. The second kappa shape index (κ2) is 6.54. The molecule has 0 fully saturated rings. The van der Waals surface area contributed by atoms with Crippen LogP contribution in [0.5, 0.6) is 5.75 Å². The number of hydrogen-bond donors (Lipinski definition) is 0. The van der Waals surface area contributed by atoms with E-state index in [1.54, 1.807) is 32.0 Å². The predicted molar refractivity (Wildman–Crippen MR) is 70.9 cm³/mol. The Morgan fingerprint density at radius 2 is 2.06 bits per heavy atom. The Balaban J connectivity index is 3.01. The summed E-state index contributed by atoms with van der Waals surface area (Å²) in [7, 11) is 1.29. The lowest BCUT2D eigenvalue weighted by molar-refractivity contribution is -0.147. The minimum Gasteiger partial charge on any atom is -0.478 e. The van der Waals surface area contributed by atoms with Gasteiger partial charge in [0.25, 0.3) is 0 Å². The van der Waals surface area contributed by atoms with Crippen LogP contribution in [0.25, 0.3) is 0 Å². The fraction of sp³-hybridized carbons (Fsp3) is 0.385. The summed E-state index contributed by atoms with van der Waals surface area (Å²) in [6, 6.07) is 5.10. The van der Waals surface area contributed by atoms with Crippen LogP contribution in [0.2, 0.25) is 0 Å². The van der Waals surface area contributed by atoms with E-state index in [2.05, 4.69) is 20.7 Å². The molecule has 0 amide bonds. The SMILES string of the molecule is CCC(=O)c1cc(Br)ccc1O[C@@H](C)C(=O)OC. The number of hydrogen-bond acceptors (Lipinski definition) is 4. The number of methoxy groups -OCH3 is 1. The first-order valence-electron chi connectivity index (χ1n) is 5.56. The van der Waals surface area contributed by atoms with Crippen LogP contribution in [0, 0.1) is 0 Å². The van der Waals surface area contributed by atoms with Crippen molar-refractivity contribution in [2.75, 3.05) is 7.11 Å². The van der Waals surface area contributed by atoms with Crippen molar-refractivity contribution in [3.8, 4) is 5.75 Å². The van der Waals surface area contributed by atoms with Gasteiger partial charge in [0.15, 0.2) is 11.9 Å². The molecule has 4 nitrogen and oxygen atoms in total. The molecule has 0 unspecified atom stereocenters. The second-order valence-electron chi connectivity index (χ2n) is 3.70. The van der Waals surface area contributed by atoms with Crippen molar-refractivity contribution in [3.63, 3.8) is 0 Å². The molecule has 1 rings (SSSR count). The van der Waals surface area contributed by atoms with Crippen LogP contribution >= 0.6 is 15.9 Å². The summed E-state index contributed by atoms with van der Waals surface area (Å²) in [4.78, 5) is 23.1. The van der Waals surface area contributed by atoms with E-state index in [9.17, 15) is 9.59 Å². The van der Waals surface area contributed by atoms with Crippen LogP contribution in [-0.2, 0) is 9.53 Å². The van der Waals surface area contributed by atoms with E-state index >= 15 is 0 Å². The third-order valence-electron chi connectivity index (χ3n) is 2.40. The van der Waals surface area contributed by atoms with Gasteiger partial charge in [0.1, 0.15) is 5.75 Å². The molecule has 0 N–H and O–H groups in total. The van der Waals surface area contributed by atoms with Crippen LogP contribution in [0.1, 0.15) is 30.6 Å². The van der Waals surface area contributed by atoms with Gasteiger partial charge in [0.2, 0.25) is 0 Å². The molecular formula is C13H15BrO4. The Morgan fingerprint density at radius 1 is 1.39 bits per heavy atom. The first-order valence-corrected chi connectivity index (χ1v) is 6.36. The maximum Gasteiger partial charge on any atom is 0.346 e. The zero-order valence-corrected chi connectivity index (χ0v) is 12.1. The summed E-state index contributed by atoms with van der Waals surface area (Å²) < 4.78 is 10.8. The van der Waals surface area contributed by atoms with Gasteiger partial charge in [-0.05, 0) is 25.1 Å². The van der Waals surface area contributed by atoms with E-state index in [0.29, 0.717) is 17.7 Å². The Morgan fingerprint density at radius 3 is 2.61 bits per heavy atom. The molecule has 98 valence electrons. The Labute approximate surface area is 114 Å². The standard InChI is InChI=1S/C13H15BrO4/c1-4-11(15)10-7-9(14)5-6-12(10)18-8(2)13(16)17-3/h5-8H,4H2,1-3H3/t8-/m0/s1. The van der Waals surface area contributed by atoms with Crippen LogP contribution < -0.4 is 4.74 Å². The smallest absolute Gasteiger partial charge is 0.346 e. The predicted octanol–water partition coefficient (Wildman–Crippen LogP) is 2.98. The summed E-state index contributed by atoms with van der Waals surface area (Å²) in [6.07, 6.45) is -0.376. The fourth-order valence-electron chi connectivity index (χ4n) is 1.42. The van der Waals surface area contributed by atoms with E-state index in [1.807, 2.05) is 0 Å². The highest BCUT2D eigenvalue weighted by Gasteiger charge is 2.18. The highest BCUT2D eigenvalue weighted by Crippen LogP contribution is 2.25. The lowest BCUT2D eigenvalue weighted by Crippen LogP contribution is -2.25. The number of ether oxygens (including phenoxy) is 2. The molecule has 0 radical (unpaired) electrons. The molecule has 0 aromatic heterocycles. The fourth-order valence-corrected chi connectivity index (χ4v) is 1.78. The summed E-state index contributed by atoms with van der Waals surface area (Å²) in [5.74, 6) is -0.126. The van der Waals surface area contributed by atoms with Crippen molar-refractivity contribution < 1.29 is 19.1 Å². The first-order chi connectivity index (χ1) is 8.49. The molecule has 0 bridgehead atoms. The molecular weight excluding hydrogens is 300 g/mol. The maximum absolute atomic E-state index is 11.8. The largest absolute Gasteiger partial charge is 0.478 e. The number of carbonyl (C=O) groups is 2. The van der Waals surface area contributed by atoms with Crippen LogP contribution in [0.4, 0.5) is 0 Å². The molecule has 5 heteroatoms. The Bertz CT molecular complexity index is 456. The van der Waals surface area contributed by atoms with E-state index in [0.717, 1.165) is 4.47 Å². The summed E-state index contributed by atoms with van der Waals surface area (Å²) in [5, 5.41) is 0. The molecule has 1 aromatic carbocycles. The van der Waals surface area contributed by atoms with Gasteiger partial charge >= 0.3 is 5.97 Å². The number of ketones is 1. The van der Waals surface area contributed by atoms with Gasteiger partial charge in [-0.1, -0.05) is 22.9 Å². The summed E-state index contributed by atoms with van der Waals surface area (Å²) in [5.41, 5.74) is 0.461. The quantitative estimate of drug-likeness (QED) is 0.619. The number of Topliss-reactive ketones (excluding diaryl/α,β-unsaturated/α-hetero) is 1. The third kappa shape index (κ3) is 3.57. The molecule has 0 spiro atoms. The lowest BCUT2D eigenvalue weighted by Gasteiger charge is -2.15. The first kappa shape index (κ1) is 14.7. The Kier molecular flexibility index (Phi) is 5.34. The van der Waals surface area contributed by atoms with Crippen molar-refractivity contribution in [2.24, 2.45) is 0 Å². The molecule has 18 heavy (non-hydrogen) atoms. The van der Waals surface area contributed by atoms with Gasteiger partial charge in [-0.15, -0.1) is 0 Å². The third-order valence-corrected chi connectivity index (χ3v) is 2.89. The second-order valence-corrected chi connectivity index (χ2v) is 4.62. The van der Waals surface area contributed by atoms with Crippen molar-refractivity contribution in [3.05, 3.63) is 28.2 Å². The van der Waals surface area contributed by atoms with Gasteiger partial charge in [-0.2, -0.15) is 0 Å². The topological polar surface area (TPSA) is 52.6 Å². The molecule has 0 aliphatic carbocycles. The highest BCUT2D eigenvalue weighted by molar-refractivity contribution is 9.10. The summed E-state index contributed by atoms with van der Waals surface area (Å²) >= 11 is 3.30. The van der Waals surface area contributed by atoms with Crippen LogP contribution in [0.3, 0.4) is 0 Å². The molecule has 1 aromatic rings. The van der Waals surface area contributed by atoms with Crippen molar-refractivity contribution >= 4 is 27.7 Å². The average Bonchev–Trinajstić information content (AvgIpc) is 2.38. The van der Waals surface area contributed by atoms with E-state index in [-0.39, 0.29) is 5.78 Å². The Hall–Kier alpha value is -1.36. The zero-order chi connectivity index (χ0) is 13.7. The van der Waals surface area contributed by atoms with Gasteiger partial charge in [-0.3, -0.25) is 4.79 Å². The van der Waals surface area contributed by atoms with Crippen molar-refractivity contribution in [1.29, 1.82) is 0 Å². The minimum absolute atomic E-state index is 0.0386. The molecule has 0 saturated heterocycles. The monoisotopic (exact) mass is 314 g/mol. The van der Waals surface area contributed by atoms with E-state index in [4.69, 9.17) is 4.74 Å². The van der Waals surface area contributed by atoms with Gasteiger partial charge in [-0.25, -0.2) is 4.79 Å². The van der Waals surface area contributed by atoms with Crippen molar-refractivity contribution in [1.82, 2.24) is 0 Å². The number of halogens is 1. The maximum atomic E-state index is 11.8. The molecule has 0 heterocycles. The summed E-state index contributed by atoms with van der Waals surface area (Å²) in [6.45, 7) is 3.35. The minimum atomic E-state index is -0.750. The van der Waals surface area contributed by atoms with Crippen LogP contribution in [0.15, 0.2) is 22.7 Å². The van der Waals surface area contributed by atoms with Gasteiger partial charge in [0.05, 0.1) is 12.7 Å². The molecule has 0 aliphatic heterocycles. The highest BCUT2D eigenvalue weighted by atomic mass is 79.9. The normalized spacial score (nSPS) is 11.8.